The topological polar surface area (TPSA) is 42.0 Å². The van der Waals surface area contributed by atoms with E-state index in [0.717, 1.165) is 16.9 Å². The van der Waals surface area contributed by atoms with Crippen LogP contribution in [0.25, 0.3) is 0 Å². The fourth-order valence-corrected chi connectivity index (χ4v) is 3.29. The Morgan fingerprint density at radius 2 is 1.83 bits per heavy atom. The molecule has 0 saturated carbocycles. The average molecular weight is 343 g/mol. The molecule has 0 bridgehead atoms. The van der Waals surface area contributed by atoms with Crippen LogP contribution in [0.4, 0.5) is 5.13 Å². The van der Waals surface area contributed by atoms with Gasteiger partial charge in [0.2, 0.25) is 5.91 Å². The maximum atomic E-state index is 12.1. The van der Waals surface area contributed by atoms with Gasteiger partial charge in [0.05, 0.1) is 6.42 Å². The lowest BCUT2D eigenvalue weighted by Gasteiger charge is -2.03. The SMILES string of the molecule is O=C(Cc1ccccc1Cl)Nc1ncc(Cc2ccccc2)s1. The zero-order chi connectivity index (χ0) is 16.1. The Labute approximate surface area is 144 Å². The lowest BCUT2D eigenvalue weighted by atomic mass is 10.1. The molecule has 1 N–H and O–H groups in total. The Kier molecular flexibility index (Phi) is 5.05. The molecule has 0 radical (unpaired) electrons. The van der Waals surface area contributed by atoms with Gasteiger partial charge >= 0.3 is 0 Å². The summed E-state index contributed by atoms with van der Waals surface area (Å²) in [5.41, 5.74) is 2.04. The number of anilines is 1. The first-order valence-corrected chi connectivity index (χ1v) is 8.42. The zero-order valence-corrected chi connectivity index (χ0v) is 13.9. The molecule has 3 rings (SSSR count). The summed E-state index contributed by atoms with van der Waals surface area (Å²) in [5.74, 6) is -0.112. The van der Waals surface area contributed by atoms with Gasteiger partial charge in [0.1, 0.15) is 0 Å². The average Bonchev–Trinajstić information content (AvgIpc) is 2.97. The van der Waals surface area contributed by atoms with Gasteiger partial charge in [0, 0.05) is 22.5 Å². The van der Waals surface area contributed by atoms with Gasteiger partial charge in [0.25, 0.3) is 0 Å². The lowest BCUT2D eigenvalue weighted by Crippen LogP contribution is -2.14. The Morgan fingerprint density at radius 3 is 2.61 bits per heavy atom. The van der Waals surface area contributed by atoms with E-state index in [1.807, 2.05) is 42.6 Å². The van der Waals surface area contributed by atoms with Gasteiger partial charge in [-0.25, -0.2) is 4.98 Å². The van der Waals surface area contributed by atoms with Gasteiger partial charge in [-0.2, -0.15) is 0 Å². The van der Waals surface area contributed by atoms with Crippen molar-refractivity contribution in [3.63, 3.8) is 0 Å². The number of hydrogen-bond acceptors (Lipinski definition) is 3. The highest BCUT2D eigenvalue weighted by atomic mass is 35.5. The second kappa shape index (κ2) is 7.40. The summed E-state index contributed by atoms with van der Waals surface area (Å²) < 4.78 is 0. The van der Waals surface area contributed by atoms with Crippen LogP contribution in [-0.2, 0) is 17.6 Å². The third kappa shape index (κ3) is 4.41. The normalized spacial score (nSPS) is 10.5. The van der Waals surface area contributed by atoms with Gasteiger partial charge in [-0.15, -0.1) is 11.3 Å². The van der Waals surface area contributed by atoms with Gasteiger partial charge in [-0.3, -0.25) is 4.79 Å². The van der Waals surface area contributed by atoms with Crippen molar-refractivity contribution in [3.8, 4) is 0 Å². The van der Waals surface area contributed by atoms with Crippen molar-refractivity contribution < 1.29 is 4.79 Å². The van der Waals surface area contributed by atoms with Crippen molar-refractivity contribution in [1.29, 1.82) is 0 Å². The molecule has 0 aliphatic heterocycles. The minimum atomic E-state index is -0.112. The Bertz CT molecular complexity index is 802. The zero-order valence-electron chi connectivity index (χ0n) is 12.3. The second-order valence-corrected chi connectivity index (χ2v) is 6.63. The summed E-state index contributed by atoms with van der Waals surface area (Å²) in [6.45, 7) is 0. The van der Waals surface area contributed by atoms with Crippen LogP contribution >= 0.6 is 22.9 Å². The maximum Gasteiger partial charge on any atom is 0.230 e. The van der Waals surface area contributed by atoms with Crippen molar-refractivity contribution in [1.82, 2.24) is 4.98 Å². The molecule has 3 nitrogen and oxygen atoms in total. The molecule has 0 aliphatic rings. The maximum absolute atomic E-state index is 12.1. The Balaban J connectivity index is 1.60. The summed E-state index contributed by atoms with van der Waals surface area (Å²) in [5, 5.41) is 4.06. The molecule has 23 heavy (non-hydrogen) atoms. The van der Waals surface area contributed by atoms with E-state index in [0.29, 0.717) is 10.2 Å². The number of benzene rings is 2. The fraction of sp³-hybridized carbons (Fsp3) is 0.111. The van der Waals surface area contributed by atoms with E-state index in [2.05, 4.69) is 22.4 Å². The van der Waals surface area contributed by atoms with Crippen LogP contribution in [0.2, 0.25) is 5.02 Å². The highest BCUT2D eigenvalue weighted by molar-refractivity contribution is 7.15. The molecule has 0 unspecified atom stereocenters. The molecule has 1 aromatic heterocycles. The smallest absolute Gasteiger partial charge is 0.230 e. The van der Waals surface area contributed by atoms with E-state index in [-0.39, 0.29) is 12.3 Å². The molecule has 3 aromatic rings. The van der Waals surface area contributed by atoms with Crippen LogP contribution < -0.4 is 5.32 Å². The van der Waals surface area contributed by atoms with Gasteiger partial charge in [-0.05, 0) is 17.2 Å². The molecule has 0 fully saturated rings. The van der Waals surface area contributed by atoms with Crippen molar-refractivity contribution in [3.05, 3.63) is 81.8 Å². The van der Waals surface area contributed by atoms with E-state index >= 15 is 0 Å². The van der Waals surface area contributed by atoms with Gasteiger partial charge in [-0.1, -0.05) is 60.1 Å². The van der Waals surface area contributed by atoms with Crippen LogP contribution in [0, 0.1) is 0 Å². The Morgan fingerprint density at radius 1 is 1.09 bits per heavy atom. The predicted octanol–water partition coefficient (Wildman–Crippen LogP) is 4.57. The molecule has 1 amide bonds. The van der Waals surface area contributed by atoms with E-state index in [9.17, 15) is 4.79 Å². The summed E-state index contributed by atoms with van der Waals surface area (Å²) in [4.78, 5) is 17.5. The number of carbonyl (C=O) groups excluding carboxylic acids is 1. The van der Waals surface area contributed by atoms with E-state index in [1.165, 1.54) is 16.9 Å². The van der Waals surface area contributed by atoms with Crippen LogP contribution in [0.1, 0.15) is 16.0 Å². The first kappa shape index (κ1) is 15.7. The van der Waals surface area contributed by atoms with E-state index < -0.39 is 0 Å². The van der Waals surface area contributed by atoms with Gasteiger partial charge < -0.3 is 5.32 Å². The minimum Gasteiger partial charge on any atom is -0.302 e. The number of nitrogens with one attached hydrogen (secondary N) is 1. The molecule has 5 heteroatoms. The minimum absolute atomic E-state index is 0.112. The second-order valence-electron chi connectivity index (χ2n) is 5.11. The lowest BCUT2D eigenvalue weighted by molar-refractivity contribution is -0.115. The van der Waals surface area contributed by atoms with Crippen LogP contribution in [0.5, 0.6) is 0 Å². The summed E-state index contributed by atoms with van der Waals surface area (Å²) >= 11 is 7.57. The fourth-order valence-electron chi connectivity index (χ4n) is 2.22. The first-order chi connectivity index (χ1) is 11.2. The van der Waals surface area contributed by atoms with Crippen LogP contribution in [0.3, 0.4) is 0 Å². The number of carbonyl (C=O) groups is 1. The van der Waals surface area contributed by atoms with Crippen LogP contribution in [-0.4, -0.2) is 10.9 Å². The predicted molar refractivity (Wildman–Crippen MR) is 95.1 cm³/mol. The van der Waals surface area contributed by atoms with Crippen molar-refractivity contribution in [2.45, 2.75) is 12.8 Å². The third-order valence-electron chi connectivity index (χ3n) is 3.33. The molecular weight excluding hydrogens is 328 g/mol. The summed E-state index contributed by atoms with van der Waals surface area (Å²) in [6, 6.07) is 17.5. The highest BCUT2D eigenvalue weighted by Crippen LogP contribution is 2.22. The number of aromatic nitrogens is 1. The van der Waals surface area contributed by atoms with Gasteiger partial charge in [0.15, 0.2) is 5.13 Å². The summed E-state index contributed by atoms with van der Waals surface area (Å²) in [7, 11) is 0. The molecular formula is C18H15ClN2OS. The largest absolute Gasteiger partial charge is 0.302 e. The summed E-state index contributed by atoms with van der Waals surface area (Å²) in [6.07, 6.45) is 2.87. The van der Waals surface area contributed by atoms with E-state index in [1.54, 1.807) is 6.07 Å². The molecule has 0 atom stereocenters. The van der Waals surface area contributed by atoms with Crippen molar-refractivity contribution in [2.24, 2.45) is 0 Å². The van der Waals surface area contributed by atoms with Crippen LogP contribution in [0.15, 0.2) is 60.8 Å². The molecule has 0 spiro atoms. The van der Waals surface area contributed by atoms with Crippen molar-refractivity contribution >= 4 is 34.0 Å². The molecule has 0 aliphatic carbocycles. The number of thiazole rings is 1. The monoisotopic (exact) mass is 342 g/mol. The molecule has 1 heterocycles. The van der Waals surface area contributed by atoms with E-state index in [4.69, 9.17) is 11.6 Å². The quantitative estimate of drug-likeness (QED) is 0.738. The third-order valence-corrected chi connectivity index (χ3v) is 4.61. The number of nitrogens with zero attached hydrogens (tertiary/aromatic N) is 1. The molecule has 0 saturated heterocycles. The number of rotatable bonds is 5. The first-order valence-electron chi connectivity index (χ1n) is 7.22. The molecule has 2 aromatic carbocycles. The highest BCUT2D eigenvalue weighted by Gasteiger charge is 2.10. The number of hydrogen-bond donors (Lipinski definition) is 1. The van der Waals surface area contributed by atoms with Crippen molar-refractivity contribution in [2.75, 3.05) is 5.32 Å². The Hall–Kier alpha value is -2.17. The molecule has 116 valence electrons. The number of halogens is 1. The standard InChI is InChI=1S/C18H15ClN2OS/c19-16-9-5-4-8-14(16)11-17(22)21-18-20-12-15(23-18)10-13-6-2-1-3-7-13/h1-9,12H,10-11H2,(H,20,21,22). The number of amides is 1.